The molecule has 0 aliphatic heterocycles. The maximum atomic E-state index is 9.42. The maximum absolute atomic E-state index is 9.42. The lowest BCUT2D eigenvalue weighted by atomic mass is 9.77. The van der Waals surface area contributed by atoms with Crippen LogP contribution in [0.2, 0.25) is 10.0 Å². The van der Waals surface area contributed by atoms with Crippen molar-refractivity contribution < 1.29 is 5.11 Å². The van der Waals surface area contributed by atoms with E-state index in [1.54, 1.807) is 12.1 Å². The Morgan fingerprint density at radius 1 is 1.27 bits per heavy atom. The lowest BCUT2D eigenvalue weighted by Gasteiger charge is -2.31. The number of benzene rings is 1. The highest BCUT2D eigenvalue weighted by atomic mass is 35.5. The molecule has 4 heteroatoms. The number of phenolic OH excluding ortho intramolecular Hbond substituents is 1. The van der Waals surface area contributed by atoms with Crippen molar-refractivity contribution in [2.45, 2.75) is 25.3 Å². The molecule has 2 rings (SSSR count). The lowest BCUT2D eigenvalue weighted by Crippen LogP contribution is -2.26. The summed E-state index contributed by atoms with van der Waals surface area (Å²) in [5.41, 5.74) is 7.00. The van der Waals surface area contributed by atoms with Gasteiger partial charge in [0.05, 0.1) is 10.0 Å². The van der Waals surface area contributed by atoms with Crippen LogP contribution < -0.4 is 5.73 Å². The Bertz CT molecular complexity index is 354. The number of rotatable bonds is 2. The smallest absolute Gasteiger partial charge is 0.152 e. The molecule has 0 heterocycles. The molecular weight excluding hydrogens is 233 g/mol. The molecule has 1 atom stereocenters. The summed E-state index contributed by atoms with van der Waals surface area (Å²) < 4.78 is 0. The van der Waals surface area contributed by atoms with Crippen molar-refractivity contribution in [3.8, 4) is 5.75 Å². The van der Waals surface area contributed by atoms with Gasteiger partial charge in [0.2, 0.25) is 0 Å². The third-order valence-corrected chi connectivity index (χ3v) is 3.66. The molecule has 0 saturated heterocycles. The van der Waals surface area contributed by atoms with Gasteiger partial charge >= 0.3 is 0 Å². The fraction of sp³-hybridized carbons (Fsp3) is 0.455. The quantitative estimate of drug-likeness (QED) is 0.838. The number of halogens is 2. The minimum atomic E-state index is -0.0668. The summed E-state index contributed by atoms with van der Waals surface area (Å²) in [5, 5.41) is 9.96. The second-order valence-electron chi connectivity index (χ2n) is 4.05. The average Bonchev–Trinajstić information content (AvgIpc) is 2.10. The molecule has 0 aromatic heterocycles. The number of nitrogens with two attached hydrogens (primary N) is 1. The first kappa shape index (κ1) is 11.1. The molecule has 0 bridgehead atoms. The van der Waals surface area contributed by atoms with E-state index in [4.69, 9.17) is 28.9 Å². The van der Waals surface area contributed by atoms with E-state index in [1.807, 2.05) is 0 Å². The van der Waals surface area contributed by atoms with Gasteiger partial charge < -0.3 is 10.8 Å². The molecule has 0 unspecified atom stereocenters. The monoisotopic (exact) mass is 245 g/mol. The van der Waals surface area contributed by atoms with Crippen molar-refractivity contribution in [3.05, 3.63) is 27.7 Å². The van der Waals surface area contributed by atoms with Crippen molar-refractivity contribution in [1.29, 1.82) is 0 Å². The molecule has 3 N–H and O–H groups in total. The zero-order valence-electron chi connectivity index (χ0n) is 8.21. The molecule has 1 aromatic rings. The predicted molar refractivity (Wildman–Crippen MR) is 62.4 cm³/mol. The van der Waals surface area contributed by atoms with Gasteiger partial charge in [-0.15, -0.1) is 0 Å². The van der Waals surface area contributed by atoms with E-state index < -0.39 is 0 Å². The molecule has 1 fully saturated rings. The van der Waals surface area contributed by atoms with Crippen molar-refractivity contribution in [2.24, 2.45) is 11.7 Å². The molecule has 82 valence electrons. The average molecular weight is 246 g/mol. The van der Waals surface area contributed by atoms with Gasteiger partial charge in [0.15, 0.2) is 5.75 Å². The zero-order chi connectivity index (χ0) is 11.0. The highest BCUT2D eigenvalue weighted by Crippen LogP contribution is 2.40. The molecule has 0 spiro atoms. The molecule has 15 heavy (non-hydrogen) atoms. The van der Waals surface area contributed by atoms with E-state index in [0.717, 1.165) is 18.4 Å². The van der Waals surface area contributed by atoms with Crippen molar-refractivity contribution >= 4 is 23.2 Å². The van der Waals surface area contributed by atoms with E-state index in [9.17, 15) is 5.11 Å². The van der Waals surface area contributed by atoms with E-state index in [-0.39, 0.29) is 21.8 Å². The lowest BCUT2D eigenvalue weighted by molar-refractivity contribution is 0.264. The van der Waals surface area contributed by atoms with Gasteiger partial charge in [0.25, 0.3) is 0 Å². The number of phenols is 1. The van der Waals surface area contributed by atoms with E-state index >= 15 is 0 Å². The first-order valence-corrected chi connectivity index (χ1v) is 5.78. The number of hydrogen-bond donors (Lipinski definition) is 2. The Labute approximate surface area is 99.0 Å². The second-order valence-corrected chi connectivity index (χ2v) is 4.86. The maximum Gasteiger partial charge on any atom is 0.152 e. The van der Waals surface area contributed by atoms with Crippen LogP contribution >= 0.6 is 23.2 Å². The standard InChI is InChI=1S/C11H13Cl2NO/c12-8-4-7(5-9(13)11(8)15)10(14)6-2-1-3-6/h4-6,10,15H,1-3,14H2/t10-/m0/s1. The van der Waals surface area contributed by atoms with Gasteiger partial charge in [-0.05, 0) is 36.5 Å². The Morgan fingerprint density at radius 2 is 1.80 bits per heavy atom. The minimum absolute atomic E-state index is 0.0191. The Kier molecular flexibility index (Phi) is 3.10. The van der Waals surface area contributed by atoms with Gasteiger partial charge in [-0.1, -0.05) is 29.6 Å². The summed E-state index contributed by atoms with van der Waals surface area (Å²) >= 11 is 11.7. The molecule has 1 saturated carbocycles. The number of aromatic hydroxyl groups is 1. The van der Waals surface area contributed by atoms with Crippen molar-refractivity contribution in [2.75, 3.05) is 0 Å². The van der Waals surface area contributed by atoms with Crippen LogP contribution in [0, 0.1) is 5.92 Å². The van der Waals surface area contributed by atoms with Gasteiger partial charge in [-0.2, -0.15) is 0 Å². The van der Waals surface area contributed by atoms with E-state index in [2.05, 4.69) is 0 Å². The summed E-state index contributed by atoms with van der Waals surface area (Å²) in [7, 11) is 0. The van der Waals surface area contributed by atoms with Crippen LogP contribution in [0.4, 0.5) is 0 Å². The van der Waals surface area contributed by atoms with Crippen LogP contribution in [0.5, 0.6) is 5.75 Å². The van der Waals surface area contributed by atoms with Crippen LogP contribution in [0.1, 0.15) is 30.9 Å². The first-order valence-electron chi connectivity index (χ1n) is 5.03. The summed E-state index contributed by atoms with van der Waals surface area (Å²) in [5.74, 6) is 0.463. The normalized spacial score (nSPS) is 18.6. The summed E-state index contributed by atoms with van der Waals surface area (Å²) in [6.45, 7) is 0. The summed E-state index contributed by atoms with van der Waals surface area (Å²) in [6.07, 6.45) is 3.58. The molecule has 0 amide bonds. The van der Waals surface area contributed by atoms with Crippen molar-refractivity contribution in [3.63, 3.8) is 0 Å². The topological polar surface area (TPSA) is 46.2 Å². The second kappa shape index (κ2) is 4.20. The van der Waals surface area contributed by atoms with Crippen LogP contribution in [-0.4, -0.2) is 5.11 Å². The third kappa shape index (κ3) is 2.07. The van der Waals surface area contributed by atoms with Gasteiger partial charge in [0.1, 0.15) is 0 Å². The summed E-state index contributed by atoms with van der Waals surface area (Å²) in [4.78, 5) is 0. The molecule has 1 aliphatic rings. The van der Waals surface area contributed by atoms with Gasteiger partial charge in [-0.25, -0.2) is 0 Å². The summed E-state index contributed by atoms with van der Waals surface area (Å²) in [6, 6.07) is 3.38. The molecule has 1 aliphatic carbocycles. The Morgan fingerprint density at radius 3 is 2.20 bits per heavy atom. The SMILES string of the molecule is N[C@H](c1cc(Cl)c(O)c(Cl)c1)C1CCC1. The number of hydrogen-bond acceptors (Lipinski definition) is 2. The molecule has 0 radical (unpaired) electrons. The van der Waals surface area contributed by atoms with E-state index in [1.165, 1.54) is 6.42 Å². The van der Waals surface area contributed by atoms with Crippen LogP contribution in [0.3, 0.4) is 0 Å². The fourth-order valence-corrected chi connectivity index (χ4v) is 2.35. The largest absolute Gasteiger partial charge is 0.505 e. The van der Waals surface area contributed by atoms with Crippen molar-refractivity contribution in [1.82, 2.24) is 0 Å². The fourth-order valence-electron chi connectivity index (χ4n) is 1.85. The minimum Gasteiger partial charge on any atom is -0.505 e. The van der Waals surface area contributed by atoms with Crippen LogP contribution in [0.25, 0.3) is 0 Å². The first-order chi connectivity index (χ1) is 7.09. The van der Waals surface area contributed by atoms with Gasteiger partial charge in [0, 0.05) is 6.04 Å². The Balaban J connectivity index is 2.27. The van der Waals surface area contributed by atoms with Crippen LogP contribution in [-0.2, 0) is 0 Å². The molecule has 1 aromatic carbocycles. The third-order valence-electron chi connectivity index (χ3n) is 3.08. The highest BCUT2D eigenvalue weighted by Gasteiger charge is 2.26. The molecular formula is C11H13Cl2NO. The molecule has 2 nitrogen and oxygen atoms in total. The predicted octanol–water partition coefficient (Wildman–Crippen LogP) is 3.50. The van der Waals surface area contributed by atoms with Crippen LogP contribution in [0.15, 0.2) is 12.1 Å². The Hall–Kier alpha value is -0.440. The van der Waals surface area contributed by atoms with Gasteiger partial charge in [-0.3, -0.25) is 0 Å². The van der Waals surface area contributed by atoms with E-state index in [0.29, 0.717) is 5.92 Å². The highest BCUT2D eigenvalue weighted by molar-refractivity contribution is 6.37. The zero-order valence-corrected chi connectivity index (χ0v) is 9.72.